The third-order valence-electron chi connectivity index (χ3n) is 1.99. The van der Waals surface area contributed by atoms with Crippen LogP contribution in [0.1, 0.15) is 24.2 Å². The summed E-state index contributed by atoms with van der Waals surface area (Å²) >= 11 is 0. The van der Waals surface area contributed by atoms with Crippen molar-refractivity contribution in [3.63, 3.8) is 0 Å². The number of rotatable bonds is 3. The molecule has 0 aromatic heterocycles. The van der Waals surface area contributed by atoms with Crippen molar-refractivity contribution in [1.82, 2.24) is 0 Å². The van der Waals surface area contributed by atoms with Crippen LogP contribution < -0.4 is 4.74 Å². The molecule has 1 aromatic carbocycles. The summed E-state index contributed by atoms with van der Waals surface area (Å²) in [4.78, 5) is 22.5. The van der Waals surface area contributed by atoms with Gasteiger partial charge in [0.1, 0.15) is 5.75 Å². The molecule has 0 amide bonds. The van der Waals surface area contributed by atoms with E-state index in [0.717, 1.165) is 0 Å². The molecule has 1 aromatic rings. The Morgan fingerprint density at radius 3 is 2.12 bits per heavy atom. The van der Waals surface area contributed by atoms with Gasteiger partial charge in [0.2, 0.25) is 0 Å². The second-order valence-corrected chi connectivity index (χ2v) is 3.96. The van der Waals surface area contributed by atoms with Crippen molar-refractivity contribution in [3.05, 3.63) is 29.8 Å². The minimum atomic E-state index is -1.55. The lowest BCUT2D eigenvalue weighted by atomic mass is 10.1. The number of esters is 2. The monoisotopic (exact) mass is 238 g/mol. The number of hydrogen-bond donors (Lipinski definition) is 1. The molecular weight excluding hydrogens is 224 g/mol. The summed E-state index contributed by atoms with van der Waals surface area (Å²) in [6.45, 7) is 2.66. The molecule has 0 bridgehead atoms. The predicted molar refractivity (Wildman–Crippen MR) is 59.7 cm³/mol. The number of methoxy groups -OCH3 is 1. The SMILES string of the molecule is COC(=O)c1ccc(OC(=O)C(C)(C)O)cc1. The van der Waals surface area contributed by atoms with E-state index in [9.17, 15) is 14.7 Å². The lowest BCUT2D eigenvalue weighted by molar-refractivity contribution is -0.151. The van der Waals surface area contributed by atoms with E-state index in [1.807, 2.05) is 0 Å². The first kappa shape index (κ1) is 13.2. The minimum Gasteiger partial charge on any atom is -0.465 e. The van der Waals surface area contributed by atoms with Gasteiger partial charge >= 0.3 is 11.9 Å². The van der Waals surface area contributed by atoms with Gasteiger partial charge in [-0.15, -0.1) is 0 Å². The van der Waals surface area contributed by atoms with Crippen LogP contribution in [0.3, 0.4) is 0 Å². The van der Waals surface area contributed by atoms with E-state index in [2.05, 4.69) is 4.74 Å². The lowest BCUT2D eigenvalue weighted by Gasteiger charge is -2.15. The van der Waals surface area contributed by atoms with Crippen molar-refractivity contribution in [2.24, 2.45) is 0 Å². The molecule has 1 N–H and O–H groups in total. The van der Waals surface area contributed by atoms with E-state index >= 15 is 0 Å². The van der Waals surface area contributed by atoms with E-state index < -0.39 is 17.5 Å². The van der Waals surface area contributed by atoms with Gasteiger partial charge < -0.3 is 14.6 Å². The quantitative estimate of drug-likeness (QED) is 0.631. The third-order valence-corrected chi connectivity index (χ3v) is 1.99. The van der Waals surface area contributed by atoms with Crippen molar-refractivity contribution in [1.29, 1.82) is 0 Å². The molecule has 92 valence electrons. The van der Waals surface area contributed by atoms with Crippen molar-refractivity contribution < 1.29 is 24.2 Å². The maximum absolute atomic E-state index is 11.3. The van der Waals surface area contributed by atoms with Gasteiger partial charge in [-0.25, -0.2) is 9.59 Å². The molecule has 5 heteroatoms. The number of carbonyl (C=O) groups excluding carboxylic acids is 2. The summed E-state index contributed by atoms with van der Waals surface area (Å²) < 4.78 is 9.43. The Morgan fingerprint density at radius 1 is 1.18 bits per heavy atom. The highest BCUT2D eigenvalue weighted by atomic mass is 16.6. The summed E-state index contributed by atoms with van der Waals surface area (Å²) in [7, 11) is 1.28. The normalized spacial score (nSPS) is 10.8. The maximum Gasteiger partial charge on any atom is 0.342 e. The molecule has 0 aliphatic carbocycles. The van der Waals surface area contributed by atoms with E-state index in [-0.39, 0.29) is 5.75 Å². The Bertz CT molecular complexity index is 414. The van der Waals surface area contributed by atoms with Gasteiger partial charge in [-0.1, -0.05) is 0 Å². The zero-order chi connectivity index (χ0) is 13.1. The standard InChI is InChI=1S/C12H14O5/c1-12(2,15)11(14)17-9-6-4-8(5-7-9)10(13)16-3/h4-7,15H,1-3H3. The molecule has 0 heterocycles. The minimum absolute atomic E-state index is 0.254. The van der Waals surface area contributed by atoms with Gasteiger partial charge in [0.05, 0.1) is 12.7 Å². The highest BCUT2D eigenvalue weighted by molar-refractivity contribution is 5.89. The number of hydrogen-bond acceptors (Lipinski definition) is 5. The fourth-order valence-corrected chi connectivity index (χ4v) is 1.01. The topological polar surface area (TPSA) is 72.8 Å². The van der Waals surface area contributed by atoms with Crippen molar-refractivity contribution >= 4 is 11.9 Å². The fourth-order valence-electron chi connectivity index (χ4n) is 1.01. The second-order valence-electron chi connectivity index (χ2n) is 3.96. The number of carbonyl (C=O) groups is 2. The van der Waals surface area contributed by atoms with Crippen LogP contribution in [0.15, 0.2) is 24.3 Å². The Morgan fingerprint density at radius 2 is 1.71 bits per heavy atom. The van der Waals surface area contributed by atoms with Crippen LogP contribution in [0, 0.1) is 0 Å². The summed E-state index contributed by atoms with van der Waals surface area (Å²) in [6.07, 6.45) is 0. The van der Waals surface area contributed by atoms with E-state index in [1.165, 1.54) is 45.2 Å². The van der Waals surface area contributed by atoms with Gasteiger partial charge in [0.25, 0.3) is 0 Å². The second kappa shape index (κ2) is 4.97. The number of benzene rings is 1. The average molecular weight is 238 g/mol. The first-order valence-electron chi connectivity index (χ1n) is 4.97. The van der Waals surface area contributed by atoms with E-state index in [4.69, 9.17) is 4.74 Å². The Hall–Kier alpha value is -1.88. The zero-order valence-electron chi connectivity index (χ0n) is 9.89. The average Bonchev–Trinajstić information content (AvgIpc) is 2.27. The summed E-state index contributed by atoms with van der Waals surface area (Å²) in [5.74, 6) is -0.974. The van der Waals surface area contributed by atoms with Gasteiger partial charge in [-0.05, 0) is 38.1 Å². The van der Waals surface area contributed by atoms with Crippen molar-refractivity contribution in [2.45, 2.75) is 19.4 Å². The molecule has 1 rings (SSSR count). The molecule has 0 atom stereocenters. The van der Waals surface area contributed by atoms with Crippen LogP contribution in [0.5, 0.6) is 5.75 Å². The molecule has 0 radical (unpaired) electrons. The number of ether oxygens (including phenoxy) is 2. The summed E-state index contributed by atoms with van der Waals surface area (Å²) in [5.41, 5.74) is -1.20. The molecule has 5 nitrogen and oxygen atoms in total. The van der Waals surface area contributed by atoms with Gasteiger partial charge in [0, 0.05) is 0 Å². The molecule has 0 aliphatic heterocycles. The Labute approximate surface area is 99.0 Å². The molecule has 17 heavy (non-hydrogen) atoms. The molecule has 0 unspecified atom stereocenters. The molecule has 0 spiro atoms. The first-order valence-corrected chi connectivity index (χ1v) is 4.97. The van der Waals surface area contributed by atoms with Gasteiger partial charge in [-0.3, -0.25) is 0 Å². The molecule has 0 aliphatic rings. The van der Waals surface area contributed by atoms with E-state index in [1.54, 1.807) is 0 Å². The Kier molecular flexibility index (Phi) is 3.85. The Balaban J connectivity index is 2.76. The molecule has 0 saturated heterocycles. The fraction of sp³-hybridized carbons (Fsp3) is 0.333. The third kappa shape index (κ3) is 3.57. The number of aliphatic hydroxyl groups is 1. The van der Waals surface area contributed by atoms with Crippen LogP contribution in [0.4, 0.5) is 0 Å². The van der Waals surface area contributed by atoms with Crippen LogP contribution in [0.25, 0.3) is 0 Å². The van der Waals surface area contributed by atoms with Crippen LogP contribution >= 0.6 is 0 Å². The summed E-state index contributed by atoms with van der Waals surface area (Å²) in [6, 6.07) is 5.85. The zero-order valence-corrected chi connectivity index (χ0v) is 9.89. The van der Waals surface area contributed by atoms with Crippen molar-refractivity contribution in [2.75, 3.05) is 7.11 Å². The van der Waals surface area contributed by atoms with Crippen LogP contribution in [0.2, 0.25) is 0 Å². The first-order chi connectivity index (χ1) is 7.84. The maximum atomic E-state index is 11.3. The largest absolute Gasteiger partial charge is 0.465 e. The van der Waals surface area contributed by atoms with Crippen molar-refractivity contribution in [3.8, 4) is 5.75 Å². The highest BCUT2D eigenvalue weighted by Gasteiger charge is 2.26. The molecular formula is C12H14O5. The summed E-state index contributed by atoms with van der Waals surface area (Å²) in [5, 5.41) is 9.38. The van der Waals surface area contributed by atoms with Crippen LogP contribution in [-0.2, 0) is 9.53 Å². The van der Waals surface area contributed by atoms with Gasteiger partial charge in [-0.2, -0.15) is 0 Å². The molecule has 0 fully saturated rings. The van der Waals surface area contributed by atoms with Crippen LogP contribution in [-0.4, -0.2) is 29.8 Å². The highest BCUT2D eigenvalue weighted by Crippen LogP contribution is 2.15. The molecule has 0 saturated carbocycles. The van der Waals surface area contributed by atoms with E-state index in [0.29, 0.717) is 5.56 Å². The smallest absolute Gasteiger partial charge is 0.342 e. The van der Waals surface area contributed by atoms with Gasteiger partial charge in [0.15, 0.2) is 5.60 Å². The predicted octanol–water partition coefficient (Wildman–Crippen LogP) is 1.15. The lowest BCUT2D eigenvalue weighted by Crippen LogP contribution is -2.35.